The summed E-state index contributed by atoms with van der Waals surface area (Å²) < 4.78 is 0. The fourth-order valence-corrected chi connectivity index (χ4v) is 7.15. The van der Waals surface area contributed by atoms with Crippen LogP contribution in [0.1, 0.15) is 111 Å². The van der Waals surface area contributed by atoms with E-state index >= 15 is 0 Å². The average Bonchev–Trinajstić information content (AvgIpc) is 3.15. The van der Waals surface area contributed by atoms with Crippen molar-refractivity contribution in [2.45, 2.75) is 90.1 Å². The van der Waals surface area contributed by atoms with Crippen molar-refractivity contribution in [1.29, 1.82) is 0 Å². The Hall–Kier alpha value is -4.84. The Bertz CT molecular complexity index is 1690. The van der Waals surface area contributed by atoms with Crippen LogP contribution in [0.2, 0.25) is 0 Å². The molecule has 6 rings (SSSR count). The fourth-order valence-electron chi connectivity index (χ4n) is 7.15. The minimum absolute atomic E-state index is 0.498. The van der Waals surface area contributed by atoms with Gasteiger partial charge in [-0.3, -0.25) is 0 Å². The van der Waals surface area contributed by atoms with Crippen molar-refractivity contribution < 1.29 is 0 Å². The molecule has 4 aromatic rings. The topological polar surface area (TPSA) is 24.1 Å². The first-order valence-corrected chi connectivity index (χ1v) is 18.1. The Morgan fingerprint density at radius 2 is 0.729 bits per heavy atom. The average molecular weight is 629 g/mol. The first kappa shape index (κ1) is 33.1. The predicted octanol–water partition coefficient (Wildman–Crippen LogP) is 10.6. The van der Waals surface area contributed by atoms with Crippen LogP contribution in [-0.2, 0) is 0 Å². The highest BCUT2D eigenvalue weighted by atomic mass is 14.9. The molecule has 0 aromatic heterocycles. The maximum absolute atomic E-state index is 3.72. The van der Waals surface area contributed by atoms with Gasteiger partial charge in [-0.05, 0) is 124 Å². The number of anilines is 2. The van der Waals surface area contributed by atoms with Gasteiger partial charge in [-0.1, -0.05) is 98.3 Å². The van der Waals surface area contributed by atoms with Crippen LogP contribution < -0.4 is 10.6 Å². The molecule has 0 unspecified atom stereocenters. The minimum Gasteiger partial charge on any atom is -0.382 e. The molecule has 0 radical (unpaired) electrons. The lowest BCUT2D eigenvalue weighted by atomic mass is 9.84. The molecule has 0 aliphatic heterocycles. The van der Waals surface area contributed by atoms with E-state index in [0.29, 0.717) is 12.1 Å². The Morgan fingerprint density at radius 3 is 1.06 bits per heavy atom. The van der Waals surface area contributed by atoms with E-state index in [0.717, 1.165) is 45.2 Å². The zero-order valence-electron chi connectivity index (χ0n) is 28.6. The number of benzene rings is 4. The highest BCUT2D eigenvalue weighted by Gasteiger charge is 2.20. The molecule has 2 N–H and O–H groups in total. The molecule has 2 atom stereocenters. The molecule has 2 saturated carbocycles. The number of nitrogens with one attached hydrogen (secondary N) is 2. The van der Waals surface area contributed by atoms with E-state index in [1.54, 1.807) is 0 Å². The first-order chi connectivity index (χ1) is 23.6. The van der Waals surface area contributed by atoms with Gasteiger partial charge in [0.2, 0.25) is 0 Å². The maximum atomic E-state index is 3.72. The van der Waals surface area contributed by atoms with Gasteiger partial charge in [-0.2, -0.15) is 0 Å². The van der Waals surface area contributed by atoms with E-state index in [4.69, 9.17) is 0 Å². The van der Waals surface area contributed by atoms with E-state index in [9.17, 15) is 0 Å². The van der Waals surface area contributed by atoms with E-state index < -0.39 is 0 Å². The summed E-state index contributed by atoms with van der Waals surface area (Å²) in [4.78, 5) is 0. The molecule has 0 saturated heterocycles. The van der Waals surface area contributed by atoms with Crippen molar-refractivity contribution in [3.63, 3.8) is 0 Å². The molecule has 48 heavy (non-hydrogen) atoms. The Labute approximate surface area is 289 Å². The zero-order valence-corrected chi connectivity index (χ0v) is 28.6. The second kappa shape index (κ2) is 16.8. The van der Waals surface area contributed by atoms with Crippen LogP contribution in [0.5, 0.6) is 0 Å². The smallest absolute Gasteiger partial charge is 0.0405 e. The van der Waals surface area contributed by atoms with Crippen LogP contribution in [0.4, 0.5) is 11.4 Å². The lowest BCUT2D eigenvalue weighted by Gasteiger charge is -2.29. The molecular formula is C46H48N2. The van der Waals surface area contributed by atoms with Gasteiger partial charge < -0.3 is 10.6 Å². The summed E-state index contributed by atoms with van der Waals surface area (Å²) in [5.41, 5.74) is 8.01. The molecule has 0 bridgehead atoms. The standard InChI is InChI=1S/C46H48N2/c1-35(39-13-5-3-6-14-39)47-45-31-23-37(24-32-45)21-27-41-17-9-11-19-43(41)29-30-44-20-12-10-18-42(44)28-22-38-25-33-46(34-26-38)48-36(2)40-15-7-4-8-16-40/h9-12,17-20,23-26,31-36,39-40,47-48H,3-8,13-16H2,1-2H3/t35-,36-/m1/s1. The summed E-state index contributed by atoms with van der Waals surface area (Å²) in [5.74, 6) is 21.7. The third kappa shape index (κ3) is 9.37. The van der Waals surface area contributed by atoms with Crippen molar-refractivity contribution in [3.05, 3.63) is 130 Å². The highest BCUT2D eigenvalue weighted by molar-refractivity contribution is 5.59. The Kier molecular flexibility index (Phi) is 11.6. The Morgan fingerprint density at radius 1 is 0.417 bits per heavy atom. The molecular weight excluding hydrogens is 581 g/mol. The van der Waals surface area contributed by atoms with E-state index in [2.05, 4.69) is 109 Å². The molecule has 242 valence electrons. The maximum Gasteiger partial charge on any atom is 0.0405 e. The van der Waals surface area contributed by atoms with E-state index in [1.807, 2.05) is 48.5 Å². The van der Waals surface area contributed by atoms with Crippen LogP contribution in [-0.4, -0.2) is 12.1 Å². The van der Waals surface area contributed by atoms with Crippen LogP contribution in [0.15, 0.2) is 97.1 Å². The predicted molar refractivity (Wildman–Crippen MR) is 203 cm³/mol. The summed E-state index contributed by atoms with van der Waals surface area (Å²) >= 11 is 0. The lowest BCUT2D eigenvalue weighted by Crippen LogP contribution is -2.27. The molecule has 2 aliphatic rings. The third-order valence-electron chi connectivity index (χ3n) is 10.1. The first-order valence-electron chi connectivity index (χ1n) is 18.1. The van der Waals surface area contributed by atoms with Crippen LogP contribution in [0.3, 0.4) is 0 Å². The summed E-state index contributed by atoms with van der Waals surface area (Å²) in [6.45, 7) is 4.64. The lowest BCUT2D eigenvalue weighted by molar-refractivity contribution is 0.328. The van der Waals surface area contributed by atoms with Gasteiger partial charge in [0.1, 0.15) is 0 Å². The van der Waals surface area contributed by atoms with E-state index in [-0.39, 0.29) is 0 Å². The van der Waals surface area contributed by atoms with Crippen molar-refractivity contribution in [3.8, 4) is 35.5 Å². The van der Waals surface area contributed by atoms with Gasteiger partial charge in [-0.25, -0.2) is 0 Å². The van der Waals surface area contributed by atoms with E-state index in [1.165, 1.54) is 75.6 Å². The van der Waals surface area contributed by atoms with Crippen LogP contribution >= 0.6 is 0 Å². The van der Waals surface area contributed by atoms with Gasteiger partial charge in [-0.15, -0.1) is 0 Å². The van der Waals surface area contributed by atoms with Crippen molar-refractivity contribution in [1.82, 2.24) is 0 Å². The highest BCUT2D eigenvalue weighted by Crippen LogP contribution is 2.29. The number of hydrogen-bond acceptors (Lipinski definition) is 2. The molecule has 2 nitrogen and oxygen atoms in total. The molecule has 2 aliphatic carbocycles. The van der Waals surface area contributed by atoms with Gasteiger partial charge in [0.25, 0.3) is 0 Å². The molecule has 0 amide bonds. The second-order valence-corrected chi connectivity index (χ2v) is 13.7. The van der Waals surface area contributed by atoms with Crippen LogP contribution in [0, 0.1) is 47.4 Å². The summed E-state index contributed by atoms with van der Waals surface area (Å²) in [6, 6.07) is 34.2. The van der Waals surface area contributed by atoms with Gasteiger partial charge in [0.15, 0.2) is 0 Å². The monoisotopic (exact) mass is 628 g/mol. The quantitative estimate of drug-likeness (QED) is 0.208. The van der Waals surface area contributed by atoms with Crippen LogP contribution in [0.25, 0.3) is 0 Å². The second-order valence-electron chi connectivity index (χ2n) is 13.7. The normalized spacial score (nSPS) is 16.1. The van der Waals surface area contributed by atoms with Gasteiger partial charge in [0, 0.05) is 56.8 Å². The number of rotatable bonds is 6. The molecule has 0 spiro atoms. The van der Waals surface area contributed by atoms with Gasteiger partial charge in [0.05, 0.1) is 0 Å². The number of hydrogen-bond donors (Lipinski definition) is 2. The Balaban J connectivity index is 1.10. The zero-order chi connectivity index (χ0) is 33.0. The fraction of sp³-hybridized carbons (Fsp3) is 0.348. The molecule has 4 aromatic carbocycles. The molecule has 2 fully saturated rings. The molecule has 2 heteroatoms. The van der Waals surface area contributed by atoms with Crippen molar-refractivity contribution >= 4 is 11.4 Å². The van der Waals surface area contributed by atoms with Gasteiger partial charge >= 0.3 is 0 Å². The molecule has 0 heterocycles. The third-order valence-corrected chi connectivity index (χ3v) is 10.1. The minimum atomic E-state index is 0.498. The van der Waals surface area contributed by atoms with Crippen molar-refractivity contribution in [2.24, 2.45) is 11.8 Å². The summed E-state index contributed by atoms with van der Waals surface area (Å²) in [5, 5.41) is 7.43. The largest absolute Gasteiger partial charge is 0.382 e. The summed E-state index contributed by atoms with van der Waals surface area (Å²) in [7, 11) is 0. The SMILES string of the molecule is C[C@@H](Nc1ccc(C#Cc2ccccc2C#Cc2ccccc2C#Cc2ccc(N[C@H](C)C3CCCCC3)cc2)cc1)C1CCCCC1. The van der Waals surface area contributed by atoms with Crippen molar-refractivity contribution in [2.75, 3.05) is 10.6 Å². The summed E-state index contributed by atoms with van der Waals surface area (Å²) in [6.07, 6.45) is 13.6.